The standard InChI is InChI=1S/C13H22N2OS/c1-9(10-5-6-16-7-10)14-13-15-12-4-2-3-11(12)8-17-13/h9-12H,2-8H2,1H3,(H,14,15). The second kappa shape index (κ2) is 5.19. The van der Waals surface area contributed by atoms with Crippen LogP contribution < -0.4 is 5.32 Å². The third-order valence-corrected chi connectivity index (χ3v) is 5.45. The lowest BCUT2D eigenvalue weighted by atomic mass is 10.0. The third-order valence-electron chi connectivity index (χ3n) is 4.36. The molecule has 0 radical (unpaired) electrons. The van der Waals surface area contributed by atoms with Gasteiger partial charge in [-0.1, -0.05) is 18.2 Å². The van der Waals surface area contributed by atoms with E-state index >= 15 is 0 Å². The molecule has 0 spiro atoms. The summed E-state index contributed by atoms with van der Waals surface area (Å²) in [5, 5.41) is 4.79. The van der Waals surface area contributed by atoms with Crippen LogP contribution >= 0.6 is 11.8 Å². The lowest BCUT2D eigenvalue weighted by molar-refractivity contribution is 0.180. The molecule has 2 heterocycles. The highest BCUT2D eigenvalue weighted by Gasteiger charge is 2.32. The summed E-state index contributed by atoms with van der Waals surface area (Å²) in [6, 6.07) is 1.12. The molecule has 3 rings (SSSR count). The molecule has 0 aromatic heterocycles. The molecule has 0 aromatic carbocycles. The molecule has 2 fully saturated rings. The number of aliphatic imine (C=N–C) groups is 1. The normalized spacial score (nSPS) is 38.6. The second-order valence-electron chi connectivity index (χ2n) is 5.56. The fourth-order valence-corrected chi connectivity index (χ4v) is 4.33. The van der Waals surface area contributed by atoms with Crippen LogP contribution in [0.1, 0.15) is 32.6 Å². The van der Waals surface area contributed by atoms with Gasteiger partial charge in [-0.2, -0.15) is 0 Å². The van der Waals surface area contributed by atoms with Crippen molar-refractivity contribution in [1.29, 1.82) is 0 Å². The maximum absolute atomic E-state index is 5.45. The molecule has 0 amide bonds. The van der Waals surface area contributed by atoms with Crippen LogP contribution in [0.25, 0.3) is 0 Å². The Hall–Kier alpha value is -0.220. The van der Waals surface area contributed by atoms with Crippen molar-refractivity contribution in [2.75, 3.05) is 19.0 Å². The Morgan fingerprint density at radius 1 is 1.41 bits per heavy atom. The SMILES string of the molecule is CC(NC1=NC2CCCC2CS1)C1CCOC1. The summed E-state index contributed by atoms with van der Waals surface area (Å²) in [5.41, 5.74) is 0. The van der Waals surface area contributed by atoms with E-state index in [2.05, 4.69) is 12.2 Å². The Bertz CT molecular complexity index is 302. The Morgan fingerprint density at radius 3 is 3.18 bits per heavy atom. The highest BCUT2D eigenvalue weighted by molar-refractivity contribution is 8.13. The maximum atomic E-state index is 5.45. The highest BCUT2D eigenvalue weighted by Crippen LogP contribution is 2.35. The Kier molecular flexibility index (Phi) is 3.61. The number of amidine groups is 1. The van der Waals surface area contributed by atoms with Crippen molar-refractivity contribution in [3.8, 4) is 0 Å². The molecule has 4 heteroatoms. The van der Waals surface area contributed by atoms with E-state index in [4.69, 9.17) is 9.73 Å². The molecule has 0 bridgehead atoms. The summed E-state index contributed by atoms with van der Waals surface area (Å²) in [4.78, 5) is 4.88. The third kappa shape index (κ3) is 2.63. The molecule has 1 saturated carbocycles. The van der Waals surface area contributed by atoms with E-state index < -0.39 is 0 Å². The summed E-state index contributed by atoms with van der Waals surface area (Å²) in [5.74, 6) is 2.79. The molecule has 1 N–H and O–H groups in total. The van der Waals surface area contributed by atoms with Gasteiger partial charge in [-0.05, 0) is 32.1 Å². The van der Waals surface area contributed by atoms with E-state index in [1.807, 2.05) is 11.8 Å². The van der Waals surface area contributed by atoms with Crippen LogP contribution in [0.2, 0.25) is 0 Å². The first-order valence-electron chi connectivity index (χ1n) is 6.88. The quantitative estimate of drug-likeness (QED) is 0.821. The van der Waals surface area contributed by atoms with Gasteiger partial charge in [0.05, 0.1) is 12.6 Å². The minimum Gasteiger partial charge on any atom is -0.381 e. The number of hydrogen-bond donors (Lipinski definition) is 1. The molecule has 17 heavy (non-hydrogen) atoms. The Labute approximate surface area is 108 Å². The lowest BCUT2D eigenvalue weighted by Crippen LogP contribution is -2.39. The van der Waals surface area contributed by atoms with E-state index in [1.54, 1.807) is 0 Å². The minimum atomic E-state index is 0.502. The first-order valence-corrected chi connectivity index (χ1v) is 7.86. The van der Waals surface area contributed by atoms with Crippen molar-refractivity contribution < 1.29 is 4.74 Å². The van der Waals surface area contributed by atoms with Gasteiger partial charge in [-0.15, -0.1) is 0 Å². The number of thioether (sulfide) groups is 1. The summed E-state index contributed by atoms with van der Waals surface area (Å²) in [6.45, 7) is 4.11. The largest absolute Gasteiger partial charge is 0.381 e. The van der Waals surface area contributed by atoms with Gasteiger partial charge in [-0.3, -0.25) is 4.99 Å². The number of ether oxygens (including phenoxy) is 1. The smallest absolute Gasteiger partial charge is 0.157 e. The molecule has 2 aliphatic heterocycles. The van der Waals surface area contributed by atoms with Gasteiger partial charge in [0.15, 0.2) is 5.17 Å². The van der Waals surface area contributed by atoms with Gasteiger partial charge >= 0.3 is 0 Å². The van der Waals surface area contributed by atoms with Crippen LogP contribution in [0.3, 0.4) is 0 Å². The monoisotopic (exact) mass is 254 g/mol. The molecular weight excluding hydrogens is 232 g/mol. The van der Waals surface area contributed by atoms with Crippen LogP contribution in [0.4, 0.5) is 0 Å². The molecular formula is C13H22N2OS. The average Bonchev–Trinajstić information content (AvgIpc) is 2.99. The van der Waals surface area contributed by atoms with Gasteiger partial charge in [0, 0.05) is 24.3 Å². The van der Waals surface area contributed by atoms with Gasteiger partial charge in [0.1, 0.15) is 0 Å². The molecule has 4 atom stereocenters. The van der Waals surface area contributed by atoms with E-state index in [0.717, 1.165) is 19.1 Å². The first-order chi connectivity index (χ1) is 8.33. The van der Waals surface area contributed by atoms with Gasteiger partial charge < -0.3 is 10.1 Å². The van der Waals surface area contributed by atoms with Crippen molar-refractivity contribution >= 4 is 16.9 Å². The molecule has 3 aliphatic rings. The first kappa shape index (κ1) is 11.8. The number of nitrogens with zero attached hydrogens (tertiary/aromatic N) is 1. The van der Waals surface area contributed by atoms with Crippen LogP contribution in [0.15, 0.2) is 4.99 Å². The summed E-state index contributed by atoms with van der Waals surface area (Å²) in [6.07, 6.45) is 5.26. The highest BCUT2D eigenvalue weighted by atomic mass is 32.2. The average molecular weight is 254 g/mol. The van der Waals surface area contributed by atoms with Gasteiger partial charge in [0.2, 0.25) is 0 Å². The van der Waals surface area contributed by atoms with E-state index in [-0.39, 0.29) is 0 Å². The predicted octanol–water partition coefficient (Wildman–Crippen LogP) is 2.27. The van der Waals surface area contributed by atoms with Crippen LogP contribution in [0.5, 0.6) is 0 Å². The fourth-order valence-electron chi connectivity index (χ4n) is 3.09. The van der Waals surface area contributed by atoms with Crippen molar-refractivity contribution in [2.24, 2.45) is 16.8 Å². The van der Waals surface area contributed by atoms with Crippen molar-refractivity contribution in [3.05, 3.63) is 0 Å². The number of rotatable bonds is 2. The van der Waals surface area contributed by atoms with Crippen molar-refractivity contribution in [1.82, 2.24) is 5.32 Å². The second-order valence-corrected chi connectivity index (χ2v) is 6.57. The van der Waals surface area contributed by atoms with E-state index in [0.29, 0.717) is 18.0 Å². The number of fused-ring (bicyclic) bond motifs is 1. The Morgan fingerprint density at radius 2 is 2.35 bits per heavy atom. The molecule has 96 valence electrons. The van der Waals surface area contributed by atoms with Crippen LogP contribution in [-0.2, 0) is 4.74 Å². The number of hydrogen-bond acceptors (Lipinski definition) is 4. The Balaban J connectivity index is 1.57. The molecule has 1 aliphatic carbocycles. The van der Waals surface area contributed by atoms with Crippen LogP contribution in [-0.4, -0.2) is 36.2 Å². The molecule has 1 saturated heterocycles. The zero-order valence-electron chi connectivity index (χ0n) is 10.5. The predicted molar refractivity (Wildman–Crippen MR) is 72.5 cm³/mol. The zero-order valence-corrected chi connectivity index (χ0v) is 11.3. The lowest BCUT2D eigenvalue weighted by Gasteiger charge is -2.27. The van der Waals surface area contributed by atoms with Gasteiger partial charge in [0.25, 0.3) is 0 Å². The number of nitrogens with one attached hydrogen (secondary N) is 1. The molecule has 3 nitrogen and oxygen atoms in total. The topological polar surface area (TPSA) is 33.6 Å². The molecule has 0 aromatic rings. The van der Waals surface area contributed by atoms with E-state index in [1.165, 1.54) is 36.6 Å². The molecule has 4 unspecified atom stereocenters. The van der Waals surface area contributed by atoms with Crippen molar-refractivity contribution in [3.63, 3.8) is 0 Å². The minimum absolute atomic E-state index is 0.502. The summed E-state index contributed by atoms with van der Waals surface area (Å²) in [7, 11) is 0. The van der Waals surface area contributed by atoms with Crippen LogP contribution in [0, 0.1) is 11.8 Å². The van der Waals surface area contributed by atoms with Crippen molar-refractivity contribution in [2.45, 2.75) is 44.7 Å². The maximum Gasteiger partial charge on any atom is 0.157 e. The van der Waals surface area contributed by atoms with E-state index in [9.17, 15) is 0 Å². The van der Waals surface area contributed by atoms with Gasteiger partial charge in [-0.25, -0.2) is 0 Å². The summed E-state index contributed by atoms with van der Waals surface area (Å²) >= 11 is 1.92. The zero-order chi connectivity index (χ0) is 11.7. The fraction of sp³-hybridized carbons (Fsp3) is 0.923. The summed E-state index contributed by atoms with van der Waals surface area (Å²) < 4.78 is 5.45.